The van der Waals surface area contributed by atoms with Crippen molar-refractivity contribution < 1.29 is 0 Å². The van der Waals surface area contributed by atoms with Gasteiger partial charge in [0.25, 0.3) is 0 Å². The minimum atomic E-state index is -2.29. The van der Waals surface area contributed by atoms with Gasteiger partial charge in [0.2, 0.25) is 0 Å². The first-order valence-corrected chi connectivity index (χ1v) is 22.2. The standard InChI is InChI=1S/C54H39N3Si/c1-58(46-18-10-4-11-19-46,47-20-12-5-13-21-47)48-32-30-45(31-33-48)57(43-16-8-3-9-17-43)52-37-27-41-24-34-49-51(36-26-40-25-35-50(52)54(41)53(40)49)56(42-14-6-2-7-15-42)44-28-22-39(38-55)23-29-44/h2-37H,1H3. The van der Waals surface area contributed by atoms with Crippen LogP contribution in [0.1, 0.15) is 5.56 Å². The van der Waals surface area contributed by atoms with Crippen molar-refractivity contribution in [1.29, 1.82) is 5.26 Å². The van der Waals surface area contributed by atoms with Crippen molar-refractivity contribution in [2.24, 2.45) is 0 Å². The largest absolute Gasteiger partial charge is 0.310 e. The zero-order chi connectivity index (χ0) is 39.1. The molecule has 3 nitrogen and oxygen atoms in total. The molecule has 0 aromatic heterocycles. The van der Waals surface area contributed by atoms with Crippen molar-refractivity contribution >= 4 is 90.1 Å². The number of hydrogen-bond donors (Lipinski definition) is 0. The van der Waals surface area contributed by atoms with Crippen LogP contribution in [0.2, 0.25) is 6.55 Å². The smallest absolute Gasteiger partial charge is 0.145 e. The minimum Gasteiger partial charge on any atom is -0.310 e. The molecule has 0 spiro atoms. The van der Waals surface area contributed by atoms with Gasteiger partial charge in [0.1, 0.15) is 8.07 Å². The Kier molecular flexibility index (Phi) is 8.79. The zero-order valence-corrected chi connectivity index (χ0v) is 33.1. The summed E-state index contributed by atoms with van der Waals surface area (Å²) >= 11 is 0. The van der Waals surface area contributed by atoms with Crippen LogP contribution in [-0.4, -0.2) is 8.07 Å². The number of nitrogens with zero attached hydrogens (tertiary/aromatic N) is 3. The third-order valence-electron chi connectivity index (χ3n) is 11.8. The average molecular weight is 758 g/mol. The van der Waals surface area contributed by atoms with Gasteiger partial charge < -0.3 is 9.80 Å². The van der Waals surface area contributed by atoms with Gasteiger partial charge in [-0.05, 0) is 110 Å². The number of benzene rings is 10. The van der Waals surface area contributed by atoms with E-state index in [-0.39, 0.29) is 0 Å². The molecule has 0 heterocycles. The van der Waals surface area contributed by atoms with Gasteiger partial charge in [0.05, 0.1) is 23.0 Å². The Labute approximate surface area is 340 Å². The van der Waals surface area contributed by atoms with Crippen molar-refractivity contribution in [3.8, 4) is 6.07 Å². The van der Waals surface area contributed by atoms with Gasteiger partial charge in [-0.2, -0.15) is 5.26 Å². The maximum atomic E-state index is 9.57. The fourth-order valence-electron chi connectivity index (χ4n) is 8.84. The maximum absolute atomic E-state index is 9.57. The number of para-hydroxylation sites is 2. The molecule has 0 saturated carbocycles. The highest BCUT2D eigenvalue weighted by Gasteiger charge is 2.34. The third-order valence-corrected chi connectivity index (χ3v) is 16.3. The lowest BCUT2D eigenvalue weighted by molar-refractivity contribution is 1.29. The van der Waals surface area contributed by atoms with Crippen molar-refractivity contribution in [1.82, 2.24) is 0 Å². The van der Waals surface area contributed by atoms with Crippen LogP contribution in [0.15, 0.2) is 218 Å². The van der Waals surface area contributed by atoms with E-state index >= 15 is 0 Å². The summed E-state index contributed by atoms with van der Waals surface area (Å²) in [5.41, 5.74) is 7.12. The molecule has 10 aromatic rings. The second-order valence-corrected chi connectivity index (χ2v) is 19.0. The van der Waals surface area contributed by atoms with Crippen LogP contribution in [0.4, 0.5) is 34.1 Å². The van der Waals surface area contributed by atoms with Gasteiger partial charge in [-0.25, -0.2) is 0 Å². The van der Waals surface area contributed by atoms with Crippen molar-refractivity contribution in [3.05, 3.63) is 224 Å². The van der Waals surface area contributed by atoms with E-state index in [0.29, 0.717) is 5.56 Å². The first kappa shape index (κ1) is 35.0. The minimum absolute atomic E-state index is 0.640. The van der Waals surface area contributed by atoms with Crippen molar-refractivity contribution in [2.45, 2.75) is 6.55 Å². The van der Waals surface area contributed by atoms with Crippen LogP contribution in [0.5, 0.6) is 0 Å². The molecule has 0 aliphatic carbocycles. The molecule has 0 saturated heterocycles. The fraction of sp³-hybridized carbons (Fsp3) is 0.0185. The quantitative estimate of drug-likeness (QED) is 0.0834. The highest BCUT2D eigenvalue weighted by molar-refractivity contribution is 7.10. The Bertz CT molecular complexity index is 3010. The molecule has 0 aliphatic heterocycles. The van der Waals surface area contributed by atoms with Crippen molar-refractivity contribution in [3.63, 3.8) is 0 Å². The number of anilines is 6. The number of rotatable bonds is 9. The molecule has 0 unspecified atom stereocenters. The summed E-state index contributed by atoms with van der Waals surface area (Å²) in [5.74, 6) is 0. The molecule has 10 rings (SSSR count). The van der Waals surface area contributed by atoms with Gasteiger partial charge in [0, 0.05) is 33.5 Å². The van der Waals surface area contributed by atoms with E-state index in [4.69, 9.17) is 0 Å². The van der Waals surface area contributed by atoms with Crippen molar-refractivity contribution in [2.75, 3.05) is 9.80 Å². The lowest BCUT2D eigenvalue weighted by atomic mass is 9.91. The number of nitriles is 1. The Hall–Kier alpha value is -7.45. The van der Waals surface area contributed by atoms with Gasteiger partial charge >= 0.3 is 0 Å². The average Bonchev–Trinajstić information content (AvgIpc) is 3.30. The fourth-order valence-corrected chi connectivity index (χ4v) is 12.4. The molecule has 0 fully saturated rings. The molecule has 0 bridgehead atoms. The molecular formula is C54H39N3Si. The van der Waals surface area contributed by atoms with Crippen LogP contribution < -0.4 is 25.4 Å². The van der Waals surface area contributed by atoms with E-state index < -0.39 is 8.07 Å². The molecule has 0 atom stereocenters. The van der Waals surface area contributed by atoms with Gasteiger partial charge in [-0.3, -0.25) is 0 Å². The Balaban J connectivity index is 1.15. The lowest BCUT2D eigenvalue weighted by Crippen LogP contribution is -2.64. The second-order valence-electron chi connectivity index (χ2n) is 15.0. The molecule has 0 radical (unpaired) electrons. The van der Waals surface area contributed by atoms with Gasteiger partial charge in [-0.15, -0.1) is 0 Å². The summed E-state index contributed by atoms with van der Waals surface area (Å²) in [5, 5.41) is 21.0. The summed E-state index contributed by atoms with van der Waals surface area (Å²) in [6, 6.07) is 80.9. The van der Waals surface area contributed by atoms with Crippen LogP contribution in [0.3, 0.4) is 0 Å². The molecule has 274 valence electrons. The summed E-state index contributed by atoms with van der Waals surface area (Å²) in [7, 11) is -2.29. The Morgan fingerprint density at radius 3 is 1.12 bits per heavy atom. The van der Waals surface area contributed by atoms with E-state index in [2.05, 4.69) is 210 Å². The predicted octanol–water partition coefficient (Wildman–Crippen LogP) is 12.5. The monoisotopic (exact) mass is 757 g/mol. The first-order valence-electron chi connectivity index (χ1n) is 19.7. The summed E-state index contributed by atoms with van der Waals surface area (Å²) < 4.78 is 0. The van der Waals surface area contributed by atoms with E-state index in [9.17, 15) is 5.26 Å². The maximum Gasteiger partial charge on any atom is 0.145 e. The van der Waals surface area contributed by atoms with E-state index in [0.717, 1.165) is 34.1 Å². The highest BCUT2D eigenvalue weighted by atomic mass is 28.3. The Morgan fingerprint density at radius 1 is 0.362 bits per heavy atom. The van der Waals surface area contributed by atoms with E-state index in [1.165, 1.54) is 47.9 Å². The molecular weight excluding hydrogens is 719 g/mol. The van der Waals surface area contributed by atoms with Crippen LogP contribution in [-0.2, 0) is 0 Å². The first-order chi connectivity index (χ1) is 28.6. The van der Waals surface area contributed by atoms with Crippen LogP contribution in [0, 0.1) is 11.3 Å². The molecule has 0 amide bonds. The summed E-state index contributed by atoms with van der Waals surface area (Å²) in [6.07, 6.45) is 0. The molecule has 4 heteroatoms. The predicted molar refractivity (Wildman–Crippen MR) is 248 cm³/mol. The highest BCUT2D eigenvalue weighted by Crippen LogP contribution is 2.47. The molecule has 0 N–H and O–H groups in total. The summed E-state index contributed by atoms with van der Waals surface area (Å²) in [4.78, 5) is 4.71. The Morgan fingerprint density at radius 2 is 0.707 bits per heavy atom. The lowest BCUT2D eigenvalue weighted by Gasteiger charge is -2.31. The van der Waals surface area contributed by atoms with E-state index in [1.54, 1.807) is 0 Å². The SMILES string of the molecule is C[Si](c1ccccc1)(c1ccccc1)c1ccc(N(c2ccccc2)c2ccc3ccc4c(N(c5ccccc5)c5ccc(C#N)cc5)ccc5ccc2c3c54)cc1. The van der Waals surface area contributed by atoms with E-state index in [1.807, 2.05) is 30.3 Å². The zero-order valence-electron chi connectivity index (χ0n) is 32.1. The number of hydrogen-bond acceptors (Lipinski definition) is 3. The molecule has 0 aliphatic rings. The van der Waals surface area contributed by atoms with Gasteiger partial charge in [0.15, 0.2) is 0 Å². The topological polar surface area (TPSA) is 30.3 Å². The normalized spacial score (nSPS) is 11.5. The molecule has 10 aromatic carbocycles. The summed E-state index contributed by atoms with van der Waals surface area (Å²) in [6.45, 7) is 2.47. The molecule has 58 heavy (non-hydrogen) atoms. The third kappa shape index (κ3) is 5.89. The van der Waals surface area contributed by atoms with Crippen LogP contribution in [0.25, 0.3) is 32.3 Å². The van der Waals surface area contributed by atoms with Gasteiger partial charge in [-0.1, -0.05) is 152 Å². The second kappa shape index (κ2) is 14.6. The van der Waals surface area contributed by atoms with Crippen LogP contribution >= 0.6 is 0 Å².